The predicted molar refractivity (Wildman–Crippen MR) is 66.2 cm³/mol. The van der Waals surface area contributed by atoms with Gasteiger partial charge in [0.1, 0.15) is 0 Å². The maximum absolute atomic E-state index is 5.13. The summed E-state index contributed by atoms with van der Waals surface area (Å²) >= 11 is 0. The van der Waals surface area contributed by atoms with Crippen molar-refractivity contribution < 1.29 is 4.74 Å². The van der Waals surface area contributed by atoms with Crippen LogP contribution in [-0.2, 0) is 17.9 Å². The minimum absolute atomic E-state index is 0.631. The molecule has 2 heteroatoms. The lowest BCUT2D eigenvalue weighted by molar-refractivity contribution is 0.185. The van der Waals surface area contributed by atoms with E-state index in [0.29, 0.717) is 12.6 Å². The van der Waals surface area contributed by atoms with Gasteiger partial charge in [0.15, 0.2) is 0 Å². The Morgan fingerprint density at radius 2 is 2.00 bits per heavy atom. The third kappa shape index (κ3) is 3.19. The van der Waals surface area contributed by atoms with Crippen LogP contribution in [0.3, 0.4) is 0 Å². The van der Waals surface area contributed by atoms with Crippen LogP contribution in [0.1, 0.15) is 24.0 Å². The number of hydrogen-bond donors (Lipinski definition) is 1. The van der Waals surface area contributed by atoms with Crippen molar-refractivity contribution >= 4 is 0 Å². The molecule has 0 saturated heterocycles. The molecule has 0 heterocycles. The third-order valence-electron chi connectivity index (χ3n) is 2.91. The van der Waals surface area contributed by atoms with Gasteiger partial charge in [0.2, 0.25) is 0 Å². The van der Waals surface area contributed by atoms with Crippen LogP contribution in [0.15, 0.2) is 36.4 Å². The van der Waals surface area contributed by atoms with Crippen LogP contribution < -0.4 is 5.32 Å². The lowest BCUT2D eigenvalue weighted by Crippen LogP contribution is -2.25. The molecule has 0 spiro atoms. The van der Waals surface area contributed by atoms with E-state index in [9.17, 15) is 0 Å². The highest BCUT2D eigenvalue weighted by Gasteiger charge is 2.08. The summed E-state index contributed by atoms with van der Waals surface area (Å²) in [5.41, 5.74) is 2.58. The summed E-state index contributed by atoms with van der Waals surface area (Å²) in [6.45, 7) is 1.64. The van der Waals surface area contributed by atoms with Gasteiger partial charge in [-0.15, -0.1) is 0 Å². The van der Waals surface area contributed by atoms with Gasteiger partial charge in [-0.05, 0) is 24.0 Å². The van der Waals surface area contributed by atoms with E-state index in [1.165, 1.54) is 11.1 Å². The van der Waals surface area contributed by atoms with E-state index in [1.54, 1.807) is 7.11 Å². The fourth-order valence-electron chi connectivity index (χ4n) is 2.04. The number of methoxy groups -OCH3 is 1. The number of nitrogens with one attached hydrogen (secondary N) is 1. The van der Waals surface area contributed by atoms with Crippen LogP contribution in [0.5, 0.6) is 0 Å². The summed E-state index contributed by atoms with van der Waals surface area (Å²) in [6.07, 6.45) is 6.83. The third-order valence-corrected chi connectivity index (χ3v) is 2.91. The molecule has 2 rings (SSSR count). The van der Waals surface area contributed by atoms with E-state index < -0.39 is 0 Å². The molecule has 1 aliphatic rings. The van der Waals surface area contributed by atoms with Gasteiger partial charge in [0, 0.05) is 19.7 Å². The van der Waals surface area contributed by atoms with Crippen molar-refractivity contribution in [1.29, 1.82) is 0 Å². The highest BCUT2D eigenvalue weighted by Crippen LogP contribution is 2.11. The molecule has 1 N–H and O–H groups in total. The van der Waals surface area contributed by atoms with E-state index in [2.05, 4.69) is 41.7 Å². The maximum atomic E-state index is 5.13. The SMILES string of the molecule is COCc1cccc(CNC2CC=CC2)c1. The molecule has 1 aliphatic carbocycles. The summed E-state index contributed by atoms with van der Waals surface area (Å²) in [7, 11) is 1.73. The van der Waals surface area contributed by atoms with Gasteiger partial charge >= 0.3 is 0 Å². The molecule has 0 radical (unpaired) electrons. The normalized spacial score (nSPS) is 15.8. The Kier molecular flexibility index (Phi) is 4.14. The fraction of sp³-hybridized carbons (Fsp3) is 0.429. The van der Waals surface area contributed by atoms with Crippen molar-refractivity contribution in [3.8, 4) is 0 Å². The van der Waals surface area contributed by atoms with Crippen LogP contribution in [0.2, 0.25) is 0 Å². The van der Waals surface area contributed by atoms with Crippen LogP contribution in [0.4, 0.5) is 0 Å². The van der Waals surface area contributed by atoms with Gasteiger partial charge in [0.05, 0.1) is 6.61 Å². The van der Waals surface area contributed by atoms with Crippen LogP contribution in [-0.4, -0.2) is 13.2 Å². The van der Waals surface area contributed by atoms with Gasteiger partial charge in [-0.3, -0.25) is 0 Å². The van der Waals surface area contributed by atoms with Crippen molar-refractivity contribution in [2.24, 2.45) is 0 Å². The minimum Gasteiger partial charge on any atom is -0.380 e. The zero-order valence-corrected chi connectivity index (χ0v) is 9.78. The first-order valence-corrected chi connectivity index (χ1v) is 5.83. The largest absolute Gasteiger partial charge is 0.380 e. The first-order valence-electron chi connectivity index (χ1n) is 5.83. The Bertz CT molecular complexity index is 352. The van der Waals surface area contributed by atoms with Crippen LogP contribution in [0.25, 0.3) is 0 Å². The van der Waals surface area contributed by atoms with Crippen molar-refractivity contribution in [2.75, 3.05) is 7.11 Å². The Morgan fingerprint density at radius 3 is 2.75 bits per heavy atom. The first-order chi connectivity index (χ1) is 7.88. The van der Waals surface area contributed by atoms with Crippen LogP contribution in [0, 0.1) is 0 Å². The lowest BCUT2D eigenvalue weighted by atomic mass is 10.1. The second-order valence-corrected chi connectivity index (χ2v) is 4.27. The highest BCUT2D eigenvalue weighted by molar-refractivity contribution is 5.23. The topological polar surface area (TPSA) is 21.3 Å². The maximum Gasteiger partial charge on any atom is 0.0713 e. The van der Waals surface area contributed by atoms with Gasteiger partial charge in [-0.25, -0.2) is 0 Å². The number of ether oxygens (including phenoxy) is 1. The fourth-order valence-corrected chi connectivity index (χ4v) is 2.04. The molecular formula is C14H19NO. The highest BCUT2D eigenvalue weighted by atomic mass is 16.5. The Balaban J connectivity index is 1.85. The molecule has 2 nitrogen and oxygen atoms in total. The Labute approximate surface area is 97.3 Å². The predicted octanol–water partition coefficient (Wildman–Crippen LogP) is 2.64. The van der Waals surface area contributed by atoms with E-state index >= 15 is 0 Å². The molecule has 1 aromatic rings. The molecule has 0 bridgehead atoms. The van der Waals surface area contributed by atoms with E-state index in [-0.39, 0.29) is 0 Å². The van der Waals surface area contributed by atoms with Crippen molar-refractivity contribution in [3.05, 3.63) is 47.5 Å². The molecular weight excluding hydrogens is 198 g/mol. The van der Waals surface area contributed by atoms with Crippen molar-refractivity contribution in [3.63, 3.8) is 0 Å². The molecule has 0 fully saturated rings. The molecule has 0 aromatic heterocycles. The quantitative estimate of drug-likeness (QED) is 0.766. The molecule has 0 aliphatic heterocycles. The summed E-state index contributed by atoms with van der Waals surface area (Å²) in [4.78, 5) is 0. The zero-order valence-electron chi connectivity index (χ0n) is 9.78. The summed E-state index contributed by atoms with van der Waals surface area (Å²) in [5, 5.41) is 3.56. The van der Waals surface area contributed by atoms with Gasteiger partial charge < -0.3 is 10.1 Å². The molecule has 86 valence electrons. The summed E-state index contributed by atoms with van der Waals surface area (Å²) < 4.78 is 5.13. The smallest absolute Gasteiger partial charge is 0.0713 e. The molecule has 16 heavy (non-hydrogen) atoms. The Morgan fingerprint density at radius 1 is 1.25 bits per heavy atom. The first kappa shape index (κ1) is 11.4. The molecule has 0 unspecified atom stereocenters. The van der Waals surface area contributed by atoms with Gasteiger partial charge in [0.25, 0.3) is 0 Å². The Hall–Kier alpha value is -1.12. The molecule has 1 aromatic carbocycles. The molecule has 0 atom stereocenters. The van der Waals surface area contributed by atoms with Gasteiger partial charge in [-0.2, -0.15) is 0 Å². The van der Waals surface area contributed by atoms with Crippen LogP contribution >= 0.6 is 0 Å². The zero-order chi connectivity index (χ0) is 11.2. The second-order valence-electron chi connectivity index (χ2n) is 4.27. The van der Waals surface area contributed by atoms with E-state index in [1.807, 2.05) is 0 Å². The standard InChI is InChI=1S/C14H19NO/c1-16-11-13-6-4-5-12(9-13)10-15-14-7-2-3-8-14/h2-6,9,14-15H,7-8,10-11H2,1H3. The second kappa shape index (κ2) is 5.83. The van der Waals surface area contributed by atoms with E-state index in [4.69, 9.17) is 4.74 Å². The summed E-state index contributed by atoms with van der Waals surface area (Å²) in [6, 6.07) is 9.20. The average Bonchev–Trinajstić information content (AvgIpc) is 2.80. The monoisotopic (exact) mass is 217 g/mol. The number of benzene rings is 1. The van der Waals surface area contributed by atoms with Crippen molar-refractivity contribution in [1.82, 2.24) is 5.32 Å². The molecule has 0 saturated carbocycles. The van der Waals surface area contributed by atoms with Crippen molar-refractivity contribution in [2.45, 2.75) is 32.0 Å². The van der Waals surface area contributed by atoms with Gasteiger partial charge in [-0.1, -0.05) is 36.4 Å². The lowest BCUT2D eigenvalue weighted by Gasteiger charge is -2.12. The molecule has 0 amide bonds. The average molecular weight is 217 g/mol. The number of hydrogen-bond acceptors (Lipinski definition) is 2. The summed E-state index contributed by atoms with van der Waals surface area (Å²) in [5.74, 6) is 0. The van der Waals surface area contributed by atoms with E-state index in [0.717, 1.165) is 19.4 Å². The number of rotatable bonds is 5. The minimum atomic E-state index is 0.631.